The number of benzene rings is 1. The van der Waals surface area contributed by atoms with Gasteiger partial charge in [0, 0.05) is 0 Å². The van der Waals surface area contributed by atoms with E-state index in [0.29, 0.717) is 5.56 Å². The summed E-state index contributed by atoms with van der Waals surface area (Å²) >= 11 is 0. The Morgan fingerprint density at radius 1 is 1.10 bits per heavy atom. The van der Waals surface area contributed by atoms with Crippen molar-refractivity contribution in [3.8, 4) is 28.5 Å². The lowest BCUT2D eigenvalue weighted by atomic mass is 10.1. The molecule has 0 atom stereocenters. The predicted octanol–water partition coefficient (Wildman–Crippen LogP) is 2.34. The van der Waals surface area contributed by atoms with Crippen molar-refractivity contribution in [2.75, 3.05) is 0 Å². The van der Waals surface area contributed by atoms with Crippen molar-refractivity contribution in [2.45, 2.75) is 0 Å². The number of rotatable bonds is 2. The fourth-order valence-electron chi connectivity index (χ4n) is 1.96. The summed E-state index contributed by atoms with van der Waals surface area (Å²) in [6, 6.07) is 11.3. The zero-order valence-electron chi connectivity index (χ0n) is 10.7. The summed E-state index contributed by atoms with van der Waals surface area (Å²) in [7, 11) is 0. The third kappa shape index (κ3) is 2.51. The zero-order valence-corrected chi connectivity index (χ0v) is 10.7. The zero-order chi connectivity index (χ0) is 14.8. The number of aromatic amines is 1. The van der Waals surface area contributed by atoms with Gasteiger partial charge in [-0.15, -0.1) is 0 Å². The SMILES string of the molecule is O=c1[nH]c(-c2ccc(F)cn2)nc(O)c1-c1ccccc1. The van der Waals surface area contributed by atoms with Gasteiger partial charge < -0.3 is 10.1 Å². The summed E-state index contributed by atoms with van der Waals surface area (Å²) in [6.07, 6.45) is 1.01. The van der Waals surface area contributed by atoms with Crippen LogP contribution in [0.15, 0.2) is 53.5 Å². The maximum Gasteiger partial charge on any atom is 0.262 e. The minimum Gasteiger partial charge on any atom is -0.493 e. The molecular weight excluding hydrogens is 273 g/mol. The van der Waals surface area contributed by atoms with E-state index >= 15 is 0 Å². The lowest BCUT2D eigenvalue weighted by Gasteiger charge is -2.05. The van der Waals surface area contributed by atoms with Crippen LogP contribution in [-0.2, 0) is 0 Å². The quantitative estimate of drug-likeness (QED) is 0.756. The molecule has 1 aromatic carbocycles. The topological polar surface area (TPSA) is 78.9 Å². The van der Waals surface area contributed by atoms with E-state index in [0.717, 1.165) is 6.20 Å². The summed E-state index contributed by atoms with van der Waals surface area (Å²) in [5.74, 6) is -0.811. The van der Waals surface area contributed by atoms with Crippen molar-refractivity contribution in [3.05, 3.63) is 64.8 Å². The Hall–Kier alpha value is -3.02. The van der Waals surface area contributed by atoms with Crippen molar-refractivity contribution < 1.29 is 9.50 Å². The Balaban J connectivity index is 2.13. The minimum atomic E-state index is -0.494. The summed E-state index contributed by atoms with van der Waals surface area (Å²) in [5.41, 5.74) is 0.419. The van der Waals surface area contributed by atoms with Gasteiger partial charge in [0.15, 0.2) is 5.82 Å². The van der Waals surface area contributed by atoms with Crippen molar-refractivity contribution >= 4 is 0 Å². The Morgan fingerprint density at radius 3 is 2.48 bits per heavy atom. The first kappa shape index (κ1) is 13.0. The Kier molecular flexibility index (Phi) is 3.19. The summed E-state index contributed by atoms with van der Waals surface area (Å²) in [4.78, 5) is 22.4. The Morgan fingerprint density at radius 2 is 1.86 bits per heavy atom. The number of aromatic hydroxyl groups is 1. The number of hydrogen-bond donors (Lipinski definition) is 2. The average Bonchev–Trinajstić information content (AvgIpc) is 2.48. The van der Waals surface area contributed by atoms with E-state index in [2.05, 4.69) is 15.0 Å². The first-order chi connectivity index (χ1) is 10.1. The minimum absolute atomic E-state index is 0.0807. The van der Waals surface area contributed by atoms with Gasteiger partial charge in [-0.25, -0.2) is 9.37 Å². The molecule has 21 heavy (non-hydrogen) atoms. The molecule has 2 heterocycles. The van der Waals surface area contributed by atoms with Crippen molar-refractivity contribution in [1.29, 1.82) is 0 Å². The standard InChI is InChI=1S/C15H10FN3O2/c16-10-6-7-11(17-8-10)13-18-14(20)12(15(21)19-13)9-4-2-1-3-5-9/h1-8H,(H2,18,19,20,21). The fraction of sp³-hybridized carbons (Fsp3) is 0. The number of pyridine rings is 1. The maximum atomic E-state index is 12.8. The van der Waals surface area contributed by atoms with Crippen molar-refractivity contribution in [2.24, 2.45) is 0 Å². The molecule has 0 amide bonds. The molecule has 6 heteroatoms. The molecule has 0 unspecified atom stereocenters. The number of nitrogens with zero attached hydrogens (tertiary/aromatic N) is 2. The smallest absolute Gasteiger partial charge is 0.262 e. The molecule has 0 radical (unpaired) electrons. The van der Waals surface area contributed by atoms with Crippen LogP contribution in [0.25, 0.3) is 22.6 Å². The van der Waals surface area contributed by atoms with E-state index in [1.54, 1.807) is 30.3 Å². The van der Waals surface area contributed by atoms with Crippen LogP contribution in [0, 0.1) is 5.82 Å². The van der Waals surface area contributed by atoms with Gasteiger partial charge in [-0.05, 0) is 17.7 Å². The third-order valence-electron chi connectivity index (χ3n) is 2.93. The van der Waals surface area contributed by atoms with Gasteiger partial charge in [-0.1, -0.05) is 30.3 Å². The van der Waals surface area contributed by atoms with E-state index in [1.165, 1.54) is 12.1 Å². The van der Waals surface area contributed by atoms with Crippen LogP contribution in [-0.4, -0.2) is 20.1 Å². The second-order valence-electron chi connectivity index (χ2n) is 4.34. The molecule has 0 aliphatic rings. The molecule has 3 aromatic rings. The molecule has 2 aromatic heterocycles. The van der Waals surface area contributed by atoms with Crippen LogP contribution in [0.2, 0.25) is 0 Å². The van der Waals surface area contributed by atoms with Crippen LogP contribution >= 0.6 is 0 Å². The van der Waals surface area contributed by atoms with Gasteiger partial charge in [-0.2, -0.15) is 4.98 Å². The van der Waals surface area contributed by atoms with E-state index < -0.39 is 17.3 Å². The van der Waals surface area contributed by atoms with E-state index in [1.807, 2.05) is 0 Å². The number of halogens is 1. The second-order valence-corrected chi connectivity index (χ2v) is 4.34. The maximum absolute atomic E-state index is 12.8. The fourth-order valence-corrected chi connectivity index (χ4v) is 1.96. The second kappa shape index (κ2) is 5.16. The molecule has 0 spiro atoms. The molecule has 2 N–H and O–H groups in total. The highest BCUT2D eigenvalue weighted by molar-refractivity contribution is 5.68. The number of nitrogens with one attached hydrogen (secondary N) is 1. The number of H-pyrrole nitrogens is 1. The summed E-state index contributed by atoms with van der Waals surface area (Å²) in [5, 5.41) is 10.0. The van der Waals surface area contributed by atoms with Crippen LogP contribution in [0.5, 0.6) is 5.88 Å². The largest absolute Gasteiger partial charge is 0.493 e. The first-order valence-electron chi connectivity index (χ1n) is 6.16. The molecule has 0 saturated carbocycles. The first-order valence-corrected chi connectivity index (χ1v) is 6.16. The van der Waals surface area contributed by atoms with Crippen LogP contribution in [0.3, 0.4) is 0 Å². The van der Waals surface area contributed by atoms with E-state index in [-0.39, 0.29) is 17.1 Å². The summed E-state index contributed by atoms with van der Waals surface area (Å²) in [6.45, 7) is 0. The Labute approximate surface area is 118 Å². The number of aromatic nitrogens is 3. The molecule has 0 aliphatic heterocycles. The molecule has 0 saturated heterocycles. The average molecular weight is 283 g/mol. The van der Waals surface area contributed by atoms with E-state index in [9.17, 15) is 14.3 Å². The molecule has 0 aliphatic carbocycles. The van der Waals surface area contributed by atoms with Crippen LogP contribution < -0.4 is 5.56 Å². The van der Waals surface area contributed by atoms with Gasteiger partial charge in [0.05, 0.1) is 6.20 Å². The normalized spacial score (nSPS) is 10.5. The molecule has 5 nitrogen and oxygen atoms in total. The molecule has 3 rings (SSSR count). The van der Waals surface area contributed by atoms with Gasteiger partial charge >= 0.3 is 0 Å². The highest BCUT2D eigenvalue weighted by Gasteiger charge is 2.14. The van der Waals surface area contributed by atoms with Crippen molar-refractivity contribution in [3.63, 3.8) is 0 Å². The van der Waals surface area contributed by atoms with Gasteiger partial charge in [0.25, 0.3) is 5.56 Å². The molecule has 104 valence electrons. The monoisotopic (exact) mass is 283 g/mol. The van der Waals surface area contributed by atoms with Gasteiger partial charge in [0.1, 0.15) is 17.1 Å². The lowest BCUT2D eigenvalue weighted by Crippen LogP contribution is -2.12. The third-order valence-corrected chi connectivity index (χ3v) is 2.93. The van der Waals surface area contributed by atoms with Gasteiger partial charge in [-0.3, -0.25) is 4.79 Å². The van der Waals surface area contributed by atoms with E-state index in [4.69, 9.17) is 0 Å². The van der Waals surface area contributed by atoms with Crippen molar-refractivity contribution in [1.82, 2.24) is 15.0 Å². The highest BCUT2D eigenvalue weighted by Crippen LogP contribution is 2.24. The van der Waals surface area contributed by atoms with Crippen LogP contribution in [0.1, 0.15) is 0 Å². The van der Waals surface area contributed by atoms with Crippen LogP contribution in [0.4, 0.5) is 4.39 Å². The Bertz CT molecular complexity index is 830. The summed E-state index contributed by atoms with van der Waals surface area (Å²) < 4.78 is 12.8. The highest BCUT2D eigenvalue weighted by atomic mass is 19.1. The molecule has 0 fully saturated rings. The van der Waals surface area contributed by atoms with Gasteiger partial charge in [0.2, 0.25) is 5.88 Å². The molecular formula is C15H10FN3O2. The number of hydrogen-bond acceptors (Lipinski definition) is 4. The predicted molar refractivity (Wildman–Crippen MR) is 75.1 cm³/mol. The molecule has 0 bridgehead atoms. The lowest BCUT2D eigenvalue weighted by molar-refractivity contribution is 0.454.